The van der Waals surface area contributed by atoms with Gasteiger partial charge in [-0.3, -0.25) is 13.8 Å². The minimum atomic E-state index is -4.25. The van der Waals surface area contributed by atoms with Crippen molar-refractivity contribution in [2.24, 2.45) is 5.73 Å². The highest BCUT2D eigenvalue weighted by Gasteiger charge is 2.25. The van der Waals surface area contributed by atoms with Gasteiger partial charge in [-0.05, 0) is 12.8 Å². The fourth-order valence-corrected chi connectivity index (χ4v) is 5.53. The Morgan fingerprint density at radius 2 is 1.07 bits per heavy atom. The van der Waals surface area contributed by atoms with Gasteiger partial charge in [-0.15, -0.1) is 0 Å². The molecule has 0 aromatic heterocycles. The summed E-state index contributed by atoms with van der Waals surface area (Å²) >= 11 is 0. The molecule has 41 heavy (non-hydrogen) atoms. The van der Waals surface area contributed by atoms with E-state index in [0.29, 0.717) is 13.0 Å². The molecular formula is C32H66NO7P. The number of unbranched alkanes of at least 4 members (excludes halogenated alkanes) is 20. The molecule has 0 rings (SSSR count). The van der Waals surface area contributed by atoms with Gasteiger partial charge < -0.3 is 20.1 Å². The number of ether oxygens (including phenoxy) is 2. The summed E-state index contributed by atoms with van der Waals surface area (Å²) in [5.41, 5.74) is 5.33. The van der Waals surface area contributed by atoms with E-state index in [4.69, 9.17) is 24.3 Å². The maximum absolute atomic E-state index is 12.4. The van der Waals surface area contributed by atoms with Crippen LogP contribution in [-0.4, -0.2) is 49.9 Å². The minimum absolute atomic E-state index is 0.0910. The molecule has 0 heterocycles. The molecule has 0 bridgehead atoms. The zero-order valence-corrected chi connectivity index (χ0v) is 27.7. The molecule has 0 aliphatic heterocycles. The molecule has 0 aromatic rings. The number of phosphoric ester groups is 1. The van der Waals surface area contributed by atoms with Crippen LogP contribution in [0, 0.1) is 0 Å². The van der Waals surface area contributed by atoms with Gasteiger partial charge in [0.1, 0.15) is 6.10 Å². The number of nitrogens with two attached hydrogens (primary N) is 1. The summed E-state index contributed by atoms with van der Waals surface area (Å²) in [4.78, 5) is 22.2. The van der Waals surface area contributed by atoms with E-state index >= 15 is 0 Å². The maximum atomic E-state index is 12.4. The predicted octanol–water partition coefficient (Wildman–Crippen LogP) is 9.02. The van der Waals surface area contributed by atoms with Crippen molar-refractivity contribution in [3.8, 4) is 0 Å². The van der Waals surface area contributed by atoms with Crippen LogP contribution in [0.4, 0.5) is 0 Å². The van der Waals surface area contributed by atoms with E-state index in [1.807, 2.05) is 0 Å². The SMILES string of the molecule is CCCCCCCCCCCCCCCCOC[C@H](COP(=O)(O)OCCN)OC(=O)CCCCCCCCCC. The molecule has 0 amide bonds. The number of carbonyl (C=O) groups is 1. The van der Waals surface area contributed by atoms with Crippen LogP contribution in [0.3, 0.4) is 0 Å². The van der Waals surface area contributed by atoms with Crippen LogP contribution >= 0.6 is 7.82 Å². The molecule has 9 heteroatoms. The Kier molecular flexibility index (Phi) is 30.6. The van der Waals surface area contributed by atoms with Crippen molar-refractivity contribution in [1.82, 2.24) is 0 Å². The van der Waals surface area contributed by atoms with E-state index in [-0.39, 0.29) is 32.3 Å². The third-order valence-electron chi connectivity index (χ3n) is 7.27. The second-order valence-electron chi connectivity index (χ2n) is 11.4. The number of phosphoric acid groups is 1. The van der Waals surface area contributed by atoms with Crippen molar-refractivity contribution >= 4 is 13.8 Å². The highest BCUT2D eigenvalue weighted by atomic mass is 31.2. The zero-order valence-electron chi connectivity index (χ0n) is 26.8. The Morgan fingerprint density at radius 1 is 0.634 bits per heavy atom. The first kappa shape index (κ1) is 40.5. The zero-order chi connectivity index (χ0) is 30.3. The Bertz CT molecular complexity index is 609. The first-order valence-corrected chi connectivity index (χ1v) is 18.5. The van der Waals surface area contributed by atoms with Crippen molar-refractivity contribution in [2.75, 3.05) is 33.0 Å². The lowest BCUT2D eigenvalue weighted by atomic mass is 10.0. The van der Waals surface area contributed by atoms with Gasteiger partial charge in [0.15, 0.2) is 0 Å². The third kappa shape index (κ3) is 30.8. The summed E-state index contributed by atoms with van der Waals surface area (Å²) in [6.07, 6.45) is 26.9. The van der Waals surface area contributed by atoms with E-state index in [0.717, 1.165) is 32.1 Å². The summed E-state index contributed by atoms with van der Waals surface area (Å²) in [6, 6.07) is 0. The normalized spacial score (nSPS) is 13.8. The van der Waals surface area contributed by atoms with Gasteiger partial charge in [-0.25, -0.2) is 4.57 Å². The quantitative estimate of drug-likeness (QED) is 0.0431. The van der Waals surface area contributed by atoms with Gasteiger partial charge in [0.05, 0.1) is 19.8 Å². The van der Waals surface area contributed by atoms with Crippen LogP contribution in [0.1, 0.15) is 162 Å². The number of hydrogen-bond donors (Lipinski definition) is 2. The van der Waals surface area contributed by atoms with Crippen LogP contribution in [-0.2, 0) is 27.9 Å². The molecule has 246 valence electrons. The monoisotopic (exact) mass is 607 g/mol. The van der Waals surface area contributed by atoms with Crippen molar-refractivity contribution in [1.29, 1.82) is 0 Å². The smallest absolute Gasteiger partial charge is 0.457 e. The highest BCUT2D eigenvalue weighted by molar-refractivity contribution is 7.47. The van der Waals surface area contributed by atoms with Crippen molar-refractivity contribution in [2.45, 2.75) is 168 Å². The molecule has 0 spiro atoms. The predicted molar refractivity (Wildman–Crippen MR) is 169 cm³/mol. The summed E-state index contributed by atoms with van der Waals surface area (Å²) in [6.45, 7) is 4.91. The third-order valence-corrected chi connectivity index (χ3v) is 8.26. The fourth-order valence-electron chi connectivity index (χ4n) is 4.76. The molecule has 1 unspecified atom stereocenters. The Hall–Kier alpha value is -0.500. The van der Waals surface area contributed by atoms with Gasteiger partial charge in [-0.2, -0.15) is 0 Å². The molecule has 0 aromatic carbocycles. The molecule has 0 saturated carbocycles. The van der Waals surface area contributed by atoms with Gasteiger partial charge in [0, 0.05) is 19.6 Å². The molecule has 0 aliphatic rings. The summed E-state index contributed by atoms with van der Waals surface area (Å²) in [5.74, 6) is -0.333. The second-order valence-corrected chi connectivity index (χ2v) is 12.8. The minimum Gasteiger partial charge on any atom is -0.457 e. The topological polar surface area (TPSA) is 117 Å². The first-order valence-electron chi connectivity index (χ1n) is 17.0. The second kappa shape index (κ2) is 30.9. The van der Waals surface area contributed by atoms with Crippen molar-refractivity contribution in [3.63, 3.8) is 0 Å². The molecule has 2 atom stereocenters. The average molecular weight is 608 g/mol. The molecule has 3 N–H and O–H groups in total. The average Bonchev–Trinajstić information content (AvgIpc) is 2.96. The Labute approximate surface area is 252 Å². The van der Waals surface area contributed by atoms with Gasteiger partial charge in [-0.1, -0.05) is 142 Å². The van der Waals surface area contributed by atoms with Gasteiger partial charge >= 0.3 is 13.8 Å². The largest absolute Gasteiger partial charge is 0.472 e. The molecule has 0 aliphatic carbocycles. The van der Waals surface area contributed by atoms with E-state index in [1.165, 1.54) is 109 Å². The van der Waals surface area contributed by atoms with E-state index in [2.05, 4.69) is 13.8 Å². The number of esters is 1. The van der Waals surface area contributed by atoms with Crippen LogP contribution in [0.15, 0.2) is 0 Å². The van der Waals surface area contributed by atoms with Crippen LogP contribution in [0.25, 0.3) is 0 Å². The summed E-state index contributed by atoms with van der Waals surface area (Å²) in [7, 11) is -4.25. The van der Waals surface area contributed by atoms with Crippen LogP contribution in [0.2, 0.25) is 0 Å². The Morgan fingerprint density at radius 3 is 1.54 bits per heavy atom. The van der Waals surface area contributed by atoms with Gasteiger partial charge in [0.2, 0.25) is 0 Å². The lowest BCUT2D eigenvalue weighted by Crippen LogP contribution is -2.28. The van der Waals surface area contributed by atoms with Crippen molar-refractivity contribution in [3.05, 3.63) is 0 Å². The molecular weight excluding hydrogens is 541 g/mol. The first-order chi connectivity index (χ1) is 19.9. The molecule has 0 radical (unpaired) electrons. The molecule has 0 fully saturated rings. The molecule has 8 nitrogen and oxygen atoms in total. The van der Waals surface area contributed by atoms with Crippen LogP contribution < -0.4 is 5.73 Å². The summed E-state index contributed by atoms with van der Waals surface area (Å²) in [5, 5.41) is 0. The Balaban J connectivity index is 4.05. The standard InChI is InChI=1S/C32H66NO7P/c1-3-5-7-9-11-13-14-15-16-17-18-20-22-24-27-37-29-31(30-39-41(35,36)38-28-26-33)40-32(34)25-23-21-19-12-10-8-6-4-2/h31H,3-30,33H2,1-2H3,(H,35,36)/t31-/m1/s1. The summed E-state index contributed by atoms with van der Waals surface area (Å²) < 4.78 is 33.1. The lowest BCUT2D eigenvalue weighted by Gasteiger charge is -2.20. The molecule has 0 saturated heterocycles. The van der Waals surface area contributed by atoms with Crippen LogP contribution in [0.5, 0.6) is 0 Å². The maximum Gasteiger partial charge on any atom is 0.472 e. The number of hydrogen-bond acceptors (Lipinski definition) is 7. The highest BCUT2D eigenvalue weighted by Crippen LogP contribution is 2.43. The lowest BCUT2D eigenvalue weighted by molar-refractivity contribution is -0.154. The fraction of sp³-hybridized carbons (Fsp3) is 0.969. The number of rotatable bonds is 33. The van der Waals surface area contributed by atoms with Crippen molar-refractivity contribution < 1.29 is 32.8 Å². The van der Waals surface area contributed by atoms with E-state index in [9.17, 15) is 14.3 Å². The van der Waals surface area contributed by atoms with E-state index < -0.39 is 13.9 Å². The number of carbonyl (C=O) groups excluding carboxylic acids is 1. The van der Waals surface area contributed by atoms with E-state index in [1.54, 1.807) is 0 Å². The van der Waals surface area contributed by atoms with Gasteiger partial charge in [0.25, 0.3) is 0 Å².